The molecule has 2 aromatic carbocycles. The van der Waals surface area contributed by atoms with Crippen molar-refractivity contribution >= 4 is 17.5 Å². The summed E-state index contributed by atoms with van der Waals surface area (Å²) >= 11 is 5.81. The van der Waals surface area contributed by atoms with Crippen LogP contribution in [0.1, 0.15) is 41.4 Å². The van der Waals surface area contributed by atoms with Crippen molar-refractivity contribution in [2.75, 3.05) is 0 Å². The highest BCUT2D eigenvalue weighted by Crippen LogP contribution is 2.15. The van der Waals surface area contributed by atoms with Gasteiger partial charge in [0.1, 0.15) is 0 Å². The molecule has 0 heterocycles. The zero-order valence-corrected chi connectivity index (χ0v) is 12.4. The average Bonchev–Trinajstić information content (AvgIpc) is 2.48. The van der Waals surface area contributed by atoms with Crippen LogP contribution in [0.2, 0.25) is 5.02 Å². The first-order valence-corrected chi connectivity index (χ1v) is 7.13. The summed E-state index contributed by atoms with van der Waals surface area (Å²) in [7, 11) is 0. The van der Waals surface area contributed by atoms with Crippen LogP contribution in [-0.2, 0) is 6.42 Å². The van der Waals surface area contributed by atoms with Crippen molar-refractivity contribution in [2.24, 2.45) is 0 Å². The van der Waals surface area contributed by atoms with E-state index in [4.69, 9.17) is 11.6 Å². The van der Waals surface area contributed by atoms with Crippen LogP contribution in [0, 0.1) is 0 Å². The van der Waals surface area contributed by atoms with Crippen molar-refractivity contribution in [2.45, 2.75) is 26.3 Å². The van der Waals surface area contributed by atoms with Gasteiger partial charge in [0.25, 0.3) is 5.91 Å². The number of aryl methyl sites for hydroxylation is 1. The molecule has 0 aliphatic rings. The van der Waals surface area contributed by atoms with Crippen molar-refractivity contribution in [1.82, 2.24) is 5.32 Å². The molecule has 20 heavy (non-hydrogen) atoms. The van der Waals surface area contributed by atoms with Crippen LogP contribution in [0.4, 0.5) is 0 Å². The molecule has 1 atom stereocenters. The normalized spacial score (nSPS) is 11.9. The summed E-state index contributed by atoms with van der Waals surface area (Å²) in [4.78, 5) is 12.1. The van der Waals surface area contributed by atoms with Crippen LogP contribution in [0.5, 0.6) is 0 Å². The lowest BCUT2D eigenvalue weighted by molar-refractivity contribution is 0.0940. The van der Waals surface area contributed by atoms with E-state index in [-0.39, 0.29) is 11.9 Å². The van der Waals surface area contributed by atoms with Gasteiger partial charge in [0.15, 0.2) is 0 Å². The molecule has 1 unspecified atom stereocenters. The minimum absolute atomic E-state index is 0.0240. The van der Waals surface area contributed by atoms with Gasteiger partial charge in [-0.2, -0.15) is 0 Å². The van der Waals surface area contributed by atoms with Gasteiger partial charge in [-0.25, -0.2) is 0 Å². The van der Waals surface area contributed by atoms with E-state index >= 15 is 0 Å². The maximum absolute atomic E-state index is 12.1. The first kappa shape index (κ1) is 14.6. The van der Waals surface area contributed by atoms with E-state index in [2.05, 4.69) is 36.5 Å². The van der Waals surface area contributed by atoms with Gasteiger partial charge in [-0.15, -0.1) is 0 Å². The van der Waals surface area contributed by atoms with E-state index < -0.39 is 0 Å². The second kappa shape index (κ2) is 6.58. The maximum atomic E-state index is 12.1. The van der Waals surface area contributed by atoms with E-state index in [0.717, 1.165) is 12.0 Å². The highest BCUT2D eigenvalue weighted by molar-refractivity contribution is 6.30. The molecule has 1 amide bonds. The Morgan fingerprint density at radius 1 is 1.10 bits per heavy atom. The fourth-order valence-corrected chi connectivity index (χ4v) is 2.13. The molecule has 104 valence electrons. The largest absolute Gasteiger partial charge is 0.346 e. The summed E-state index contributed by atoms with van der Waals surface area (Å²) < 4.78 is 0. The Kier molecular flexibility index (Phi) is 4.80. The van der Waals surface area contributed by atoms with Crippen LogP contribution in [0.3, 0.4) is 0 Å². The number of carbonyl (C=O) groups is 1. The fourth-order valence-electron chi connectivity index (χ4n) is 2.01. The molecule has 3 heteroatoms. The zero-order valence-electron chi connectivity index (χ0n) is 11.7. The SMILES string of the molecule is CCc1ccc(C(C)NC(=O)c2ccc(Cl)cc2)cc1. The molecule has 0 aliphatic heterocycles. The van der Waals surface area contributed by atoms with Crippen molar-refractivity contribution in [1.29, 1.82) is 0 Å². The Bertz CT molecular complexity index is 575. The summed E-state index contributed by atoms with van der Waals surface area (Å²) in [6, 6.07) is 15.2. The fraction of sp³-hybridized carbons (Fsp3) is 0.235. The molecule has 2 nitrogen and oxygen atoms in total. The summed E-state index contributed by atoms with van der Waals surface area (Å²) in [5, 5.41) is 3.62. The van der Waals surface area contributed by atoms with Gasteiger partial charge in [0.2, 0.25) is 0 Å². The lowest BCUT2D eigenvalue weighted by Crippen LogP contribution is -2.26. The Balaban J connectivity index is 2.04. The summed E-state index contributed by atoms with van der Waals surface area (Å²) in [6.07, 6.45) is 1.02. The number of rotatable bonds is 4. The van der Waals surface area contributed by atoms with Crippen LogP contribution in [0.15, 0.2) is 48.5 Å². The molecule has 2 rings (SSSR count). The van der Waals surface area contributed by atoms with Crippen molar-refractivity contribution in [3.8, 4) is 0 Å². The zero-order chi connectivity index (χ0) is 14.5. The maximum Gasteiger partial charge on any atom is 0.251 e. The highest BCUT2D eigenvalue weighted by Gasteiger charge is 2.11. The molecule has 0 radical (unpaired) electrons. The Labute approximate surface area is 124 Å². The van der Waals surface area contributed by atoms with Gasteiger partial charge in [0.05, 0.1) is 6.04 Å². The molecular weight excluding hydrogens is 270 g/mol. The lowest BCUT2D eigenvalue weighted by Gasteiger charge is -2.15. The molecule has 0 bridgehead atoms. The predicted octanol–water partition coefficient (Wildman–Crippen LogP) is 4.39. The van der Waals surface area contributed by atoms with Gasteiger partial charge in [0, 0.05) is 10.6 Å². The van der Waals surface area contributed by atoms with E-state index in [1.807, 2.05) is 6.92 Å². The standard InChI is InChI=1S/C17H18ClNO/c1-3-13-4-6-14(7-5-13)12(2)19-17(20)15-8-10-16(18)11-9-15/h4-12H,3H2,1-2H3,(H,19,20). The molecule has 2 aromatic rings. The number of hydrogen-bond donors (Lipinski definition) is 1. The van der Waals surface area contributed by atoms with Crippen LogP contribution >= 0.6 is 11.6 Å². The second-order valence-corrected chi connectivity index (χ2v) is 5.23. The third-order valence-corrected chi connectivity index (χ3v) is 3.59. The van der Waals surface area contributed by atoms with E-state index in [1.165, 1.54) is 5.56 Å². The van der Waals surface area contributed by atoms with Crippen molar-refractivity contribution in [3.63, 3.8) is 0 Å². The van der Waals surface area contributed by atoms with Gasteiger partial charge in [-0.3, -0.25) is 4.79 Å². The topological polar surface area (TPSA) is 29.1 Å². The Hall–Kier alpha value is -1.80. The van der Waals surface area contributed by atoms with Gasteiger partial charge >= 0.3 is 0 Å². The Morgan fingerprint density at radius 2 is 1.70 bits per heavy atom. The van der Waals surface area contributed by atoms with Gasteiger partial charge < -0.3 is 5.32 Å². The van der Waals surface area contributed by atoms with Crippen molar-refractivity contribution < 1.29 is 4.79 Å². The number of amides is 1. The molecule has 0 saturated carbocycles. The quantitative estimate of drug-likeness (QED) is 0.887. The Morgan fingerprint density at radius 3 is 2.25 bits per heavy atom. The second-order valence-electron chi connectivity index (χ2n) is 4.80. The predicted molar refractivity (Wildman–Crippen MR) is 83.2 cm³/mol. The third-order valence-electron chi connectivity index (χ3n) is 3.34. The third kappa shape index (κ3) is 3.61. The van der Waals surface area contributed by atoms with Crippen molar-refractivity contribution in [3.05, 3.63) is 70.2 Å². The first-order valence-electron chi connectivity index (χ1n) is 6.75. The molecule has 0 spiro atoms. The van der Waals surface area contributed by atoms with Gasteiger partial charge in [-0.1, -0.05) is 42.8 Å². The molecule has 1 N–H and O–H groups in total. The molecular formula is C17H18ClNO. The van der Waals surface area contributed by atoms with E-state index in [0.29, 0.717) is 10.6 Å². The summed E-state index contributed by atoms with van der Waals surface area (Å²) in [5.41, 5.74) is 3.01. The number of nitrogens with one attached hydrogen (secondary N) is 1. The molecule has 0 saturated heterocycles. The average molecular weight is 288 g/mol. The van der Waals surface area contributed by atoms with E-state index in [1.54, 1.807) is 24.3 Å². The molecule has 0 aromatic heterocycles. The number of benzene rings is 2. The number of hydrogen-bond acceptors (Lipinski definition) is 1. The summed E-state index contributed by atoms with van der Waals surface area (Å²) in [5.74, 6) is -0.0891. The van der Waals surface area contributed by atoms with Gasteiger partial charge in [-0.05, 0) is 48.7 Å². The number of halogens is 1. The van der Waals surface area contributed by atoms with E-state index in [9.17, 15) is 4.79 Å². The lowest BCUT2D eigenvalue weighted by atomic mass is 10.0. The van der Waals surface area contributed by atoms with Crippen LogP contribution in [0.25, 0.3) is 0 Å². The monoisotopic (exact) mass is 287 g/mol. The molecule has 0 fully saturated rings. The number of carbonyl (C=O) groups excluding carboxylic acids is 1. The smallest absolute Gasteiger partial charge is 0.251 e. The van der Waals surface area contributed by atoms with Crippen LogP contribution < -0.4 is 5.32 Å². The highest BCUT2D eigenvalue weighted by atomic mass is 35.5. The molecule has 0 aliphatic carbocycles. The minimum Gasteiger partial charge on any atom is -0.346 e. The summed E-state index contributed by atoms with van der Waals surface area (Å²) in [6.45, 7) is 4.11. The van der Waals surface area contributed by atoms with Crippen LogP contribution in [-0.4, -0.2) is 5.91 Å². The first-order chi connectivity index (χ1) is 9.60. The minimum atomic E-state index is -0.0891.